The van der Waals surface area contributed by atoms with Crippen LogP contribution in [-0.2, 0) is 0 Å². The highest BCUT2D eigenvalue weighted by Crippen LogP contribution is 2.09. The zero-order chi connectivity index (χ0) is 9.52. The molecule has 2 heteroatoms. The number of hydrogen-bond acceptors (Lipinski definition) is 2. The smallest absolute Gasteiger partial charge is 0.0180 e. The topological polar surface area (TPSA) is 29.3 Å². The Morgan fingerprint density at radius 1 is 1.38 bits per heavy atom. The highest BCUT2D eigenvalue weighted by Gasteiger charge is 2.17. The van der Waals surface area contributed by atoms with Gasteiger partial charge in [-0.15, -0.1) is 6.58 Å². The normalized spacial score (nSPS) is 23.6. The Hall–Kier alpha value is -0.340. The lowest BCUT2D eigenvalue weighted by atomic mass is 10.2. The molecule has 1 fully saturated rings. The Bertz CT molecular complexity index is 145. The van der Waals surface area contributed by atoms with E-state index in [1.165, 1.54) is 45.2 Å². The molecule has 0 radical (unpaired) electrons. The predicted molar refractivity (Wildman–Crippen MR) is 57.7 cm³/mol. The molecule has 0 aromatic carbocycles. The highest BCUT2D eigenvalue weighted by molar-refractivity contribution is 4.77. The summed E-state index contributed by atoms with van der Waals surface area (Å²) in [6.45, 7) is 7.28. The summed E-state index contributed by atoms with van der Waals surface area (Å²) in [5.41, 5.74) is 5.82. The third-order valence-corrected chi connectivity index (χ3v) is 2.69. The molecule has 0 amide bonds. The van der Waals surface area contributed by atoms with Gasteiger partial charge in [0.2, 0.25) is 0 Å². The fourth-order valence-electron chi connectivity index (χ4n) is 1.87. The van der Waals surface area contributed by atoms with Crippen LogP contribution < -0.4 is 5.73 Å². The second-order valence-electron chi connectivity index (χ2n) is 3.99. The Kier molecular flexibility index (Phi) is 5.09. The largest absolute Gasteiger partial charge is 0.326 e. The van der Waals surface area contributed by atoms with Crippen molar-refractivity contribution in [1.82, 2.24) is 4.90 Å². The number of nitrogens with zero attached hydrogens (tertiary/aromatic N) is 1. The third-order valence-electron chi connectivity index (χ3n) is 2.69. The summed E-state index contributed by atoms with van der Waals surface area (Å²) in [6.07, 6.45) is 8.31. The molecular weight excluding hydrogens is 160 g/mol. The number of hydrogen-bond donors (Lipinski definition) is 1. The lowest BCUT2D eigenvalue weighted by molar-refractivity contribution is 0.324. The standard InChI is InChI=1S/C11H22N2/c1-2-3-4-5-6-8-13-9-7-11(12)10-13/h2,11H,1,3-10,12H2/t11-/m0/s1. The van der Waals surface area contributed by atoms with Crippen molar-refractivity contribution < 1.29 is 0 Å². The van der Waals surface area contributed by atoms with Crippen molar-refractivity contribution in [2.75, 3.05) is 19.6 Å². The van der Waals surface area contributed by atoms with Gasteiger partial charge in [0.1, 0.15) is 0 Å². The molecule has 0 aliphatic carbocycles. The van der Waals surface area contributed by atoms with Gasteiger partial charge in [0.15, 0.2) is 0 Å². The number of allylic oxidation sites excluding steroid dienone is 1. The molecule has 0 bridgehead atoms. The quantitative estimate of drug-likeness (QED) is 0.501. The fraction of sp³-hybridized carbons (Fsp3) is 0.818. The van der Waals surface area contributed by atoms with Crippen LogP contribution in [0.1, 0.15) is 32.1 Å². The molecule has 76 valence electrons. The lowest BCUT2D eigenvalue weighted by Crippen LogP contribution is -2.27. The molecule has 2 N–H and O–H groups in total. The molecule has 1 saturated heterocycles. The second-order valence-corrected chi connectivity index (χ2v) is 3.99. The summed E-state index contributed by atoms with van der Waals surface area (Å²) in [5, 5.41) is 0. The summed E-state index contributed by atoms with van der Waals surface area (Å²) < 4.78 is 0. The van der Waals surface area contributed by atoms with Crippen LogP contribution in [0.2, 0.25) is 0 Å². The molecule has 0 saturated carbocycles. The molecule has 1 atom stereocenters. The van der Waals surface area contributed by atoms with Gasteiger partial charge in [0.05, 0.1) is 0 Å². The maximum Gasteiger partial charge on any atom is 0.0180 e. The van der Waals surface area contributed by atoms with Crippen molar-refractivity contribution in [3.05, 3.63) is 12.7 Å². The Morgan fingerprint density at radius 3 is 2.85 bits per heavy atom. The van der Waals surface area contributed by atoms with Crippen LogP contribution in [0.5, 0.6) is 0 Å². The first kappa shape index (κ1) is 10.7. The number of nitrogens with two attached hydrogens (primary N) is 1. The summed E-state index contributed by atoms with van der Waals surface area (Å²) in [5.74, 6) is 0. The van der Waals surface area contributed by atoms with Gasteiger partial charge in [-0.3, -0.25) is 0 Å². The summed E-state index contributed by atoms with van der Waals surface area (Å²) >= 11 is 0. The van der Waals surface area contributed by atoms with E-state index in [0.717, 1.165) is 6.54 Å². The van der Waals surface area contributed by atoms with Gasteiger partial charge >= 0.3 is 0 Å². The summed E-state index contributed by atoms with van der Waals surface area (Å²) in [4.78, 5) is 2.48. The molecule has 0 aromatic heterocycles. The van der Waals surface area contributed by atoms with Gasteiger partial charge in [-0.2, -0.15) is 0 Å². The zero-order valence-electron chi connectivity index (χ0n) is 8.54. The minimum Gasteiger partial charge on any atom is -0.326 e. The van der Waals surface area contributed by atoms with Crippen LogP contribution in [-0.4, -0.2) is 30.6 Å². The van der Waals surface area contributed by atoms with E-state index in [1.54, 1.807) is 0 Å². The summed E-state index contributed by atoms with van der Waals surface area (Å²) in [6, 6.07) is 0.438. The van der Waals surface area contributed by atoms with Crippen LogP contribution in [0.25, 0.3) is 0 Å². The minimum absolute atomic E-state index is 0.438. The fourth-order valence-corrected chi connectivity index (χ4v) is 1.87. The Labute approximate surface area is 81.8 Å². The third kappa shape index (κ3) is 4.44. The molecule has 1 aliphatic heterocycles. The van der Waals surface area contributed by atoms with Gasteiger partial charge in [0.25, 0.3) is 0 Å². The number of rotatable bonds is 6. The predicted octanol–water partition coefficient (Wildman–Crippen LogP) is 1.77. The monoisotopic (exact) mass is 182 g/mol. The molecule has 1 rings (SSSR count). The van der Waals surface area contributed by atoms with E-state index in [4.69, 9.17) is 5.73 Å². The van der Waals surface area contributed by atoms with Gasteiger partial charge in [-0.05, 0) is 38.8 Å². The maximum atomic E-state index is 5.82. The minimum atomic E-state index is 0.438. The van der Waals surface area contributed by atoms with E-state index in [2.05, 4.69) is 11.5 Å². The van der Waals surface area contributed by atoms with Crippen LogP contribution in [0.15, 0.2) is 12.7 Å². The Balaban J connectivity index is 1.91. The molecule has 1 heterocycles. The molecular formula is C11H22N2. The van der Waals surface area contributed by atoms with Gasteiger partial charge in [-0.1, -0.05) is 12.5 Å². The average Bonchev–Trinajstić information content (AvgIpc) is 2.51. The van der Waals surface area contributed by atoms with E-state index < -0.39 is 0 Å². The van der Waals surface area contributed by atoms with E-state index >= 15 is 0 Å². The molecule has 1 aliphatic rings. The van der Waals surface area contributed by atoms with Crippen molar-refractivity contribution in [1.29, 1.82) is 0 Å². The van der Waals surface area contributed by atoms with E-state index in [-0.39, 0.29) is 0 Å². The SMILES string of the molecule is C=CCCCCCN1CC[C@H](N)C1. The van der Waals surface area contributed by atoms with Gasteiger partial charge < -0.3 is 10.6 Å². The lowest BCUT2D eigenvalue weighted by Gasteiger charge is -2.14. The van der Waals surface area contributed by atoms with E-state index in [1.807, 2.05) is 6.08 Å². The van der Waals surface area contributed by atoms with Crippen LogP contribution in [0.4, 0.5) is 0 Å². The highest BCUT2D eigenvalue weighted by atomic mass is 15.2. The van der Waals surface area contributed by atoms with Gasteiger partial charge in [0, 0.05) is 12.6 Å². The second kappa shape index (κ2) is 6.17. The molecule has 2 nitrogen and oxygen atoms in total. The van der Waals surface area contributed by atoms with Crippen LogP contribution in [0.3, 0.4) is 0 Å². The van der Waals surface area contributed by atoms with Crippen molar-refractivity contribution in [2.24, 2.45) is 5.73 Å². The van der Waals surface area contributed by atoms with Crippen LogP contribution in [0, 0.1) is 0 Å². The summed E-state index contributed by atoms with van der Waals surface area (Å²) in [7, 11) is 0. The first-order valence-electron chi connectivity index (χ1n) is 5.42. The molecule has 0 spiro atoms. The average molecular weight is 182 g/mol. The number of unbranched alkanes of at least 4 members (excludes halogenated alkanes) is 3. The van der Waals surface area contributed by atoms with Crippen molar-refractivity contribution in [2.45, 2.75) is 38.1 Å². The molecule has 0 unspecified atom stereocenters. The molecule has 13 heavy (non-hydrogen) atoms. The zero-order valence-corrected chi connectivity index (χ0v) is 8.54. The van der Waals surface area contributed by atoms with E-state index in [9.17, 15) is 0 Å². The van der Waals surface area contributed by atoms with Crippen LogP contribution >= 0.6 is 0 Å². The number of likely N-dealkylation sites (tertiary alicyclic amines) is 1. The Morgan fingerprint density at radius 2 is 2.23 bits per heavy atom. The van der Waals surface area contributed by atoms with E-state index in [0.29, 0.717) is 6.04 Å². The first-order valence-corrected chi connectivity index (χ1v) is 5.42. The van der Waals surface area contributed by atoms with Crippen molar-refractivity contribution in [3.8, 4) is 0 Å². The molecule has 0 aromatic rings. The van der Waals surface area contributed by atoms with Crippen molar-refractivity contribution in [3.63, 3.8) is 0 Å². The van der Waals surface area contributed by atoms with Crippen molar-refractivity contribution >= 4 is 0 Å². The van der Waals surface area contributed by atoms with Gasteiger partial charge in [-0.25, -0.2) is 0 Å². The first-order chi connectivity index (χ1) is 6.33. The maximum absolute atomic E-state index is 5.82.